The van der Waals surface area contributed by atoms with Crippen LogP contribution in [0.4, 0.5) is 0 Å². The summed E-state index contributed by atoms with van der Waals surface area (Å²) in [5, 5.41) is 18.6. The number of nitriles is 1. The molecule has 5 heteroatoms. The number of rotatable bonds is 2. The first kappa shape index (κ1) is 14.4. The summed E-state index contributed by atoms with van der Waals surface area (Å²) in [7, 11) is 0. The normalized spacial score (nSPS) is 17.6. The molecule has 1 atom stereocenters. The molecule has 1 N–H and O–H groups in total. The van der Waals surface area contributed by atoms with Crippen LogP contribution in [0.15, 0.2) is 18.2 Å². The van der Waals surface area contributed by atoms with Gasteiger partial charge >= 0.3 is 0 Å². The van der Waals surface area contributed by atoms with Gasteiger partial charge in [0, 0.05) is 31.7 Å². The van der Waals surface area contributed by atoms with Crippen molar-refractivity contribution in [2.45, 2.75) is 19.9 Å². The van der Waals surface area contributed by atoms with E-state index in [1.54, 1.807) is 24.0 Å². The quantitative estimate of drug-likeness (QED) is 0.883. The maximum atomic E-state index is 12.3. The number of aryl methyl sites for hydroxylation is 1. The molecule has 0 radical (unpaired) electrons. The van der Waals surface area contributed by atoms with Gasteiger partial charge < -0.3 is 10.0 Å². The van der Waals surface area contributed by atoms with E-state index in [2.05, 4.69) is 11.0 Å². The van der Waals surface area contributed by atoms with Gasteiger partial charge in [-0.1, -0.05) is 6.07 Å². The lowest BCUT2D eigenvalue weighted by molar-refractivity contribution is 0.0615. The number of benzene rings is 1. The molecule has 0 spiro atoms. The second-order valence-electron chi connectivity index (χ2n) is 5.13. The smallest absolute Gasteiger partial charge is 0.254 e. The molecule has 5 nitrogen and oxygen atoms in total. The van der Waals surface area contributed by atoms with E-state index in [1.165, 1.54) is 6.07 Å². The van der Waals surface area contributed by atoms with Gasteiger partial charge in [0.05, 0.1) is 12.1 Å². The molecule has 20 heavy (non-hydrogen) atoms. The van der Waals surface area contributed by atoms with Gasteiger partial charge in [0.2, 0.25) is 0 Å². The Bertz CT molecular complexity index is 543. The van der Waals surface area contributed by atoms with Crippen LogP contribution >= 0.6 is 0 Å². The van der Waals surface area contributed by atoms with Crippen LogP contribution in [0.25, 0.3) is 0 Å². The van der Waals surface area contributed by atoms with Gasteiger partial charge in [-0.3, -0.25) is 9.69 Å². The zero-order chi connectivity index (χ0) is 14.7. The molecule has 1 heterocycles. The van der Waals surface area contributed by atoms with Crippen LogP contribution in [0.3, 0.4) is 0 Å². The third kappa shape index (κ3) is 2.91. The molecule has 0 bridgehead atoms. The monoisotopic (exact) mass is 273 g/mol. The van der Waals surface area contributed by atoms with Crippen molar-refractivity contribution in [2.75, 3.05) is 26.2 Å². The molecule has 0 aliphatic carbocycles. The van der Waals surface area contributed by atoms with E-state index in [0.717, 1.165) is 5.56 Å². The number of piperazine rings is 1. The minimum Gasteiger partial charge on any atom is -0.508 e. The van der Waals surface area contributed by atoms with E-state index in [-0.39, 0.29) is 17.7 Å². The number of nitrogens with zero attached hydrogens (tertiary/aromatic N) is 3. The number of hydrogen-bond acceptors (Lipinski definition) is 4. The van der Waals surface area contributed by atoms with Crippen LogP contribution in [-0.2, 0) is 0 Å². The molecule has 1 unspecified atom stereocenters. The number of phenolic OH excluding ortho intramolecular Hbond substituents is 1. The topological polar surface area (TPSA) is 67.6 Å². The summed E-state index contributed by atoms with van der Waals surface area (Å²) >= 11 is 0. The van der Waals surface area contributed by atoms with Crippen LogP contribution in [-0.4, -0.2) is 53.0 Å². The van der Waals surface area contributed by atoms with Gasteiger partial charge in [-0.15, -0.1) is 0 Å². The molecular formula is C15H19N3O2. The van der Waals surface area contributed by atoms with Gasteiger partial charge in [0.1, 0.15) is 5.75 Å². The van der Waals surface area contributed by atoms with Gasteiger partial charge in [0.15, 0.2) is 0 Å². The van der Waals surface area contributed by atoms with E-state index < -0.39 is 0 Å². The Hall–Kier alpha value is -2.06. The molecule has 0 aromatic heterocycles. The SMILES string of the molecule is Cc1ccc(C(=O)N2CCN(C(C)C#N)CC2)cc1O. The highest BCUT2D eigenvalue weighted by atomic mass is 16.3. The number of hydrogen-bond donors (Lipinski definition) is 1. The average molecular weight is 273 g/mol. The van der Waals surface area contributed by atoms with Crippen molar-refractivity contribution in [2.24, 2.45) is 0 Å². The average Bonchev–Trinajstić information content (AvgIpc) is 2.48. The molecule has 2 rings (SSSR count). The number of carbonyl (C=O) groups is 1. The van der Waals surface area contributed by atoms with Crippen LogP contribution < -0.4 is 0 Å². The zero-order valence-corrected chi connectivity index (χ0v) is 11.8. The summed E-state index contributed by atoms with van der Waals surface area (Å²) in [6.07, 6.45) is 0. The highest BCUT2D eigenvalue weighted by Crippen LogP contribution is 2.19. The second-order valence-corrected chi connectivity index (χ2v) is 5.13. The van der Waals surface area contributed by atoms with Crippen molar-refractivity contribution in [3.63, 3.8) is 0 Å². The minimum absolute atomic E-state index is 0.0652. The van der Waals surface area contributed by atoms with Crippen molar-refractivity contribution in [1.29, 1.82) is 5.26 Å². The van der Waals surface area contributed by atoms with E-state index in [9.17, 15) is 9.90 Å². The van der Waals surface area contributed by atoms with Crippen LogP contribution in [0.2, 0.25) is 0 Å². The maximum Gasteiger partial charge on any atom is 0.254 e. The van der Waals surface area contributed by atoms with Crippen LogP contribution in [0.1, 0.15) is 22.8 Å². The van der Waals surface area contributed by atoms with Crippen LogP contribution in [0.5, 0.6) is 5.75 Å². The van der Waals surface area contributed by atoms with Crippen molar-refractivity contribution in [1.82, 2.24) is 9.80 Å². The molecule has 1 saturated heterocycles. The molecule has 1 aromatic carbocycles. The molecular weight excluding hydrogens is 254 g/mol. The van der Waals surface area contributed by atoms with Crippen molar-refractivity contribution in [3.05, 3.63) is 29.3 Å². The standard InChI is InChI=1S/C15H19N3O2/c1-11-3-4-13(9-14(11)19)15(20)18-7-5-17(6-8-18)12(2)10-16/h3-4,9,12,19H,5-8H2,1-2H3. The summed E-state index contributed by atoms with van der Waals surface area (Å²) in [5.41, 5.74) is 1.27. The van der Waals surface area contributed by atoms with Gasteiger partial charge in [-0.25, -0.2) is 0 Å². The lowest BCUT2D eigenvalue weighted by atomic mass is 10.1. The fourth-order valence-corrected chi connectivity index (χ4v) is 2.32. The fourth-order valence-electron chi connectivity index (χ4n) is 2.32. The third-order valence-electron chi connectivity index (χ3n) is 3.79. The van der Waals surface area contributed by atoms with Gasteiger partial charge in [-0.2, -0.15) is 5.26 Å². The number of phenols is 1. The summed E-state index contributed by atoms with van der Waals surface area (Å²) in [6, 6.07) is 7.10. The Kier molecular flexibility index (Phi) is 4.26. The van der Waals surface area contributed by atoms with E-state index in [0.29, 0.717) is 31.7 Å². The molecule has 0 saturated carbocycles. The summed E-state index contributed by atoms with van der Waals surface area (Å²) in [4.78, 5) is 16.2. The largest absolute Gasteiger partial charge is 0.508 e. The molecule has 1 fully saturated rings. The predicted octanol–water partition coefficient (Wildman–Crippen LogP) is 1.37. The van der Waals surface area contributed by atoms with E-state index in [4.69, 9.17) is 5.26 Å². The van der Waals surface area contributed by atoms with Crippen molar-refractivity contribution >= 4 is 5.91 Å². The fraction of sp³-hybridized carbons (Fsp3) is 0.467. The molecule has 106 valence electrons. The maximum absolute atomic E-state index is 12.3. The lowest BCUT2D eigenvalue weighted by Crippen LogP contribution is -2.51. The molecule has 1 amide bonds. The summed E-state index contributed by atoms with van der Waals surface area (Å²) < 4.78 is 0. The Morgan fingerprint density at radius 1 is 1.35 bits per heavy atom. The van der Waals surface area contributed by atoms with E-state index >= 15 is 0 Å². The Balaban J connectivity index is 2.01. The summed E-state index contributed by atoms with van der Waals surface area (Å²) in [6.45, 7) is 6.30. The number of carbonyl (C=O) groups excluding carboxylic acids is 1. The molecule has 1 aliphatic heterocycles. The van der Waals surface area contributed by atoms with Gasteiger partial charge in [-0.05, 0) is 31.5 Å². The van der Waals surface area contributed by atoms with E-state index in [1.807, 2.05) is 6.92 Å². The summed E-state index contributed by atoms with van der Waals surface area (Å²) in [5.74, 6) is 0.0807. The third-order valence-corrected chi connectivity index (χ3v) is 3.79. The Morgan fingerprint density at radius 3 is 2.55 bits per heavy atom. The highest BCUT2D eigenvalue weighted by molar-refractivity contribution is 5.94. The Labute approximate surface area is 119 Å². The van der Waals surface area contributed by atoms with Gasteiger partial charge in [0.25, 0.3) is 5.91 Å². The first-order chi connectivity index (χ1) is 9.52. The minimum atomic E-state index is -0.115. The highest BCUT2D eigenvalue weighted by Gasteiger charge is 2.24. The number of aromatic hydroxyl groups is 1. The zero-order valence-electron chi connectivity index (χ0n) is 11.8. The van der Waals surface area contributed by atoms with Crippen LogP contribution in [0, 0.1) is 18.3 Å². The molecule has 1 aliphatic rings. The molecule has 1 aromatic rings. The van der Waals surface area contributed by atoms with Crippen molar-refractivity contribution in [3.8, 4) is 11.8 Å². The first-order valence-electron chi connectivity index (χ1n) is 6.75. The second kappa shape index (κ2) is 5.93. The lowest BCUT2D eigenvalue weighted by Gasteiger charge is -2.35. The first-order valence-corrected chi connectivity index (χ1v) is 6.75. The van der Waals surface area contributed by atoms with Crippen molar-refractivity contribution < 1.29 is 9.90 Å². The Morgan fingerprint density at radius 2 is 2.00 bits per heavy atom. The predicted molar refractivity (Wildman–Crippen MR) is 75.4 cm³/mol. The number of amides is 1.